The highest BCUT2D eigenvalue weighted by Crippen LogP contribution is 2.32. The molecule has 0 aliphatic carbocycles. The van der Waals surface area contributed by atoms with E-state index in [0.29, 0.717) is 23.4 Å². The Morgan fingerprint density at radius 3 is 2.82 bits per heavy atom. The molecule has 0 unspecified atom stereocenters. The maximum absolute atomic E-state index is 12.9. The van der Waals surface area contributed by atoms with E-state index in [4.69, 9.17) is 4.42 Å². The second-order valence-electron chi connectivity index (χ2n) is 7.19. The van der Waals surface area contributed by atoms with Crippen molar-refractivity contribution in [3.63, 3.8) is 0 Å². The third-order valence-corrected chi connectivity index (χ3v) is 5.94. The highest BCUT2D eigenvalue weighted by molar-refractivity contribution is 7.15. The Kier molecular flexibility index (Phi) is 6.72. The predicted molar refractivity (Wildman–Crippen MR) is 116 cm³/mol. The number of anilines is 1. The minimum absolute atomic E-state index is 0. The fourth-order valence-electron chi connectivity index (χ4n) is 3.55. The first-order valence-corrected chi connectivity index (χ1v) is 10.1. The van der Waals surface area contributed by atoms with Crippen LogP contribution >= 0.6 is 23.7 Å². The van der Waals surface area contributed by atoms with Crippen LogP contribution in [0.3, 0.4) is 0 Å². The largest absolute Gasteiger partial charge is 0.451 e. The van der Waals surface area contributed by atoms with Gasteiger partial charge in [-0.1, -0.05) is 18.2 Å². The van der Waals surface area contributed by atoms with Gasteiger partial charge in [0.25, 0.3) is 5.91 Å². The molecule has 0 bridgehead atoms. The third kappa shape index (κ3) is 4.38. The number of fused-ring (bicyclic) bond motifs is 1. The van der Waals surface area contributed by atoms with Crippen LogP contribution in [0.5, 0.6) is 0 Å². The number of para-hydroxylation sites is 1. The smallest absolute Gasteiger partial charge is 0.293 e. The maximum atomic E-state index is 12.9. The lowest BCUT2D eigenvalue weighted by Crippen LogP contribution is -2.26. The van der Waals surface area contributed by atoms with Gasteiger partial charge in [0, 0.05) is 28.6 Å². The number of rotatable bonds is 5. The summed E-state index contributed by atoms with van der Waals surface area (Å²) in [5.74, 6) is 0.655. The SMILES string of the molecule is CN(C)Cc1c(C(=O)Nc2ncc(C3CCNCC3)s2)oc2ccccc12.Cl. The summed E-state index contributed by atoms with van der Waals surface area (Å²) in [6.45, 7) is 2.71. The highest BCUT2D eigenvalue weighted by Gasteiger charge is 2.23. The van der Waals surface area contributed by atoms with Crippen LogP contribution in [0.1, 0.15) is 39.8 Å². The van der Waals surface area contributed by atoms with Gasteiger partial charge in [0.15, 0.2) is 10.9 Å². The van der Waals surface area contributed by atoms with Crippen molar-refractivity contribution >= 4 is 45.8 Å². The minimum Gasteiger partial charge on any atom is -0.451 e. The molecule has 28 heavy (non-hydrogen) atoms. The number of nitrogens with one attached hydrogen (secondary N) is 2. The van der Waals surface area contributed by atoms with E-state index in [1.54, 1.807) is 11.3 Å². The average molecular weight is 421 g/mol. The van der Waals surface area contributed by atoms with Gasteiger partial charge in [-0.3, -0.25) is 10.1 Å². The van der Waals surface area contributed by atoms with Gasteiger partial charge in [0.05, 0.1) is 0 Å². The molecule has 1 saturated heterocycles. The fraction of sp³-hybridized carbons (Fsp3) is 0.400. The standard InChI is InChI=1S/C20H24N4O2S.ClH/c1-24(2)12-15-14-5-3-4-6-16(14)26-18(15)19(25)23-20-22-11-17(27-20)13-7-9-21-10-8-13;/h3-6,11,13,21H,7-10,12H2,1-2H3,(H,22,23,25);1H. The molecule has 1 fully saturated rings. The summed E-state index contributed by atoms with van der Waals surface area (Å²) in [6.07, 6.45) is 4.13. The van der Waals surface area contributed by atoms with E-state index in [-0.39, 0.29) is 18.3 Å². The number of piperidine rings is 1. The molecule has 1 aliphatic rings. The molecule has 0 saturated carbocycles. The van der Waals surface area contributed by atoms with Gasteiger partial charge in [-0.25, -0.2) is 4.98 Å². The van der Waals surface area contributed by atoms with Gasteiger partial charge in [-0.15, -0.1) is 23.7 Å². The number of halogens is 1. The summed E-state index contributed by atoms with van der Waals surface area (Å²) in [7, 11) is 3.96. The second kappa shape index (κ2) is 9.05. The predicted octanol–water partition coefficient (Wildman–Crippen LogP) is 4.09. The Labute approximate surface area is 174 Å². The number of aromatic nitrogens is 1. The van der Waals surface area contributed by atoms with Crippen molar-refractivity contribution in [3.05, 3.63) is 46.7 Å². The number of amides is 1. The number of benzene rings is 1. The zero-order valence-corrected chi connectivity index (χ0v) is 17.7. The number of hydrogen-bond donors (Lipinski definition) is 2. The Bertz CT molecular complexity index is 947. The molecule has 2 aromatic heterocycles. The lowest BCUT2D eigenvalue weighted by molar-refractivity contribution is 0.0996. The highest BCUT2D eigenvalue weighted by atomic mass is 35.5. The van der Waals surface area contributed by atoms with Crippen LogP contribution < -0.4 is 10.6 Å². The van der Waals surface area contributed by atoms with E-state index in [9.17, 15) is 4.79 Å². The van der Waals surface area contributed by atoms with Crippen molar-refractivity contribution in [1.82, 2.24) is 15.2 Å². The van der Waals surface area contributed by atoms with E-state index < -0.39 is 0 Å². The molecular formula is C20H25ClN4O2S. The normalized spacial score (nSPS) is 15.0. The van der Waals surface area contributed by atoms with Gasteiger partial charge in [-0.05, 0) is 52.0 Å². The maximum Gasteiger partial charge on any atom is 0.293 e. The van der Waals surface area contributed by atoms with E-state index in [0.717, 1.165) is 42.5 Å². The van der Waals surface area contributed by atoms with Crippen molar-refractivity contribution in [2.45, 2.75) is 25.3 Å². The van der Waals surface area contributed by atoms with Crippen LogP contribution in [0.25, 0.3) is 11.0 Å². The van der Waals surface area contributed by atoms with Gasteiger partial charge < -0.3 is 14.6 Å². The molecule has 3 aromatic rings. The molecule has 0 spiro atoms. The topological polar surface area (TPSA) is 70.4 Å². The van der Waals surface area contributed by atoms with Crippen molar-refractivity contribution in [3.8, 4) is 0 Å². The molecule has 4 rings (SSSR count). The van der Waals surface area contributed by atoms with E-state index in [2.05, 4.69) is 15.6 Å². The first-order chi connectivity index (χ1) is 13.1. The monoisotopic (exact) mass is 420 g/mol. The summed E-state index contributed by atoms with van der Waals surface area (Å²) in [5.41, 5.74) is 1.64. The molecule has 2 N–H and O–H groups in total. The van der Waals surface area contributed by atoms with Gasteiger partial charge in [0.1, 0.15) is 5.58 Å². The van der Waals surface area contributed by atoms with Crippen LogP contribution in [0, 0.1) is 0 Å². The Hall–Kier alpha value is -1.93. The average Bonchev–Trinajstić information content (AvgIpc) is 3.27. The number of hydrogen-bond acceptors (Lipinski definition) is 6. The fourth-order valence-corrected chi connectivity index (χ4v) is 4.53. The van der Waals surface area contributed by atoms with Crippen LogP contribution in [-0.2, 0) is 6.54 Å². The quantitative estimate of drug-likeness (QED) is 0.650. The number of furan rings is 1. The third-order valence-electron chi connectivity index (χ3n) is 4.86. The molecular weight excluding hydrogens is 396 g/mol. The zero-order valence-electron chi connectivity index (χ0n) is 16.0. The van der Waals surface area contributed by atoms with Crippen molar-refractivity contribution < 1.29 is 9.21 Å². The Morgan fingerprint density at radius 1 is 1.32 bits per heavy atom. The van der Waals surface area contributed by atoms with Crippen molar-refractivity contribution in [1.29, 1.82) is 0 Å². The molecule has 0 atom stereocenters. The molecule has 8 heteroatoms. The molecule has 1 aliphatic heterocycles. The Morgan fingerprint density at radius 2 is 2.07 bits per heavy atom. The van der Waals surface area contributed by atoms with Crippen molar-refractivity contribution in [2.75, 3.05) is 32.5 Å². The van der Waals surface area contributed by atoms with E-state index in [1.807, 2.05) is 49.5 Å². The lowest BCUT2D eigenvalue weighted by atomic mass is 9.97. The second-order valence-corrected chi connectivity index (χ2v) is 8.25. The first kappa shape index (κ1) is 20.8. The summed E-state index contributed by atoms with van der Waals surface area (Å²) in [6, 6.07) is 7.76. The molecule has 1 amide bonds. The summed E-state index contributed by atoms with van der Waals surface area (Å²) < 4.78 is 5.89. The van der Waals surface area contributed by atoms with Crippen LogP contribution in [0.2, 0.25) is 0 Å². The number of thiazole rings is 1. The van der Waals surface area contributed by atoms with Crippen molar-refractivity contribution in [2.24, 2.45) is 0 Å². The summed E-state index contributed by atoms with van der Waals surface area (Å²) >= 11 is 1.57. The Balaban J connectivity index is 0.00000225. The first-order valence-electron chi connectivity index (χ1n) is 9.24. The van der Waals surface area contributed by atoms with E-state index >= 15 is 0 Å². The van der Waals surface area contributed by atoms with Gasteiger partial charge in [-0.2, -0.15) is 0 Å². The molecule has 1 aromatic carbocycles. The van der Waals surface area contributed by atoms with Crippen LogP contribution in [0.15, 0.2) is 34.9 Å². The number of carbonyl (C=O) groups excluding carboxylic acids is 1. The number of nitrogens with zero attached hydrogens (tertiary/aromatic N) is 2. The van der Waals surface area contributed by atoms with Gasteiger partial charge in [0.2, 0.25) is 0 Å². The minimum atomic E-state index is -0.241. The molecule has 0 radical (unpaired) electrons. The summed E-state index contributed by atoms with van der Waals surface area (Å²) in [4.78, 5) is 20.6. The molecule has 3 heterocycles. The number of carbonyl (C=O) groups is 1. The van der Waals surface area contributed by atoms with E-state index in [1.165, 1.54) is 4.88 Å². The van der Waals surface area contributed by atoms with Gasteiger partial charge >= 0.3 is 0 Å². The summed E-state index contributed by atoms with van der Waals surface area (Å²) in [5, 5.41) is 7.92. The zero-order chi connectivity index (χ0) is 18.8. The van der Waals surface area contributed by atoms with Crippen LogP contribution in [0.4, 0.5) is 5.13 Å². The van der Waals surface area contributed by atoms with Crippen LogP contribution in [-0.4, -0.2) is 43.0 Å². The molecule has 6 nitrogen and oxygen atoms in total. The lowest BCUT2D eigenvalue weighted by Gasteiger charge is -2.20. The molecule has 150 valence electrons.